The quantitative estimate of drug-likeness (QED) is 0.854. The predicted octanol–water partition coefficient (Wildman–Crippen LogP) is 3.36. The number of para-hydroxylation sites is 1. The van der Waals surface area contributed by atoms with Crippen LogP contribution in [0.1, 0.15) is 29.8 Å². The molecule has 2 fully saturated rings. The van der Waals surface area contributed by atoms with Crippen molar-refractivity contribution in [2.75, 3.05) is 24.7 Å². The number of ether oxygens (including phenoxy) is 1. The molecule has 5 heteroatoms. The maximum absolute atomic E-state index is 13.2. The summed E-state index contributed by atoms with van der Waals surface area (Å²) in [5.41, 5.74) is 1.42. The van der Waals surface area contributed by atoms with E-state index < -0.39 is 0 Å². The Morgan fingerprint density at radius 3 is 2.96 bits per heavy atom. The number of hydrogen-bond acceptors (Lipinski definition) is 4. The molecule has 24 heavy (non-hydrogen) atoms. The predicted molar refractivity (Wildman–Crippen MR) is 97.5 cm³/mol. The van der Waals surface area contributed by atoms with Gasteiger partial charge >= 0.3 is 0 Å². The van der Waals surface area contributed by atoms with Gasteiger partial charge in [0.25, 0.3) is 5.91 Å². The highest BCUT2D eigenvalue weighted by Gasteiger charge is 2.31. The minimum atomic E-state index is 0.0451. The third-order valence-electron chi connectivity index (χ3n) is 4.85. The molecule has 2 saturated heterocycles. The van der Waals surface area contributed by atoms with Crippen LogP contribution in [-0.2, 0) is 4.74 Å². The van der Waals surface area contributed by atoms with Crippen LogP contribution in [0.5, 0.6) is 0 Å². The summed E-state index contributed by atoms with van der Waals surface area (Å²) < 4.78 is 5.78. The molecule has 2 aliphatic rings. The second-order valence-electron chi connectivity index (χ2n) is 6.50. The Labute approximate surface area is 146 Å². The number of nitrogens with zero attached hydrogens (tertiary/aromatic N) is 2. The maximum Gasteiger partial charge on any atom is 0.272 e. The lowest BCUT2D eigenvalue weighted by Crippen LogP contribution is -2.45. The molecule has 2 atom stereocenters. The van der Waals surface area contributed by atoms with E-state index in [1.807, 2.05) is 53.1 Å². The van der Waals surface area contributed by atoms with E-state index in [0.29, 0.717) is 18.3 Å². The molecule has 0 aliphatic carbocycles. The molecule has 3 heterocycles. The minimum absolute atomic E-state index is 0.0451. The molecule has 2 aromatic rings. The second kappa shape index (κ2) is 7.11. The number of fused-ring (bicyclic) bond motifs is 1. The molecular formula is C19H22N2O2S. The molecule has 1 aromatic carbocycles. The van der Waals surface area contributed by atoms with Crippen molar-refractivity contribution >= 4 is 28.6 Å². The van der Waals surface area contributed by atoms with Gasteiger partial charge in [-0.05, 0) is 37.1 Å². The average molecular weight is 342 g/mol. The Morgan fingerprint density at radius 1 is 1.25 bits per heavy atom. The molecule has 0 N–H and O–H groups in total. The normalized spacial score (nSPS) is 23.7. The lowest BCUT2D eigenvalue weighted by Gasteiger charge is -2.30. The van der Waals surface area contributed by atoms with Crippen LogP contribution in [0.4, 0.5) is 0 Å². The van der Waals surface area contributed by atoms with E-state index >= 15 is 0 Å². The van der Waals surface area contributed by atoms with Crippen molar-refractivity contribution in [2.45, 2.75) is 31.4 Å². The first-order valence-corrected chi connectivity index (χ1v) is 9.83. The van der Waals surface area contributed by atoms with Crippen LogP contribution in [0.15, 0.2) is 36.4 Å². The van der Waals surface area contributed by atoms with Gasteiger partial charge in [0.2, 0.25) is 0 Å². The SMILES string of the molecule is O=C(c1ccc2ccccc2n1)N(CC1CCCO1)C1CCSC1. The van der Waals surface area contributed by atoms with E-state index in [1.54, 1.807) is 0 Å². The molecule has 0 spiro atoms. The summed E-state index contributed by atoms with van der Waals surface area (Å²) in [6.07, 6.45) is 3.39. The van der Waals surface area contributed by atoms with Gasteiger partial charge in [0.05, 0.1) is 11.6 Å². The van der Waals surface area contributed by atoms with Crippen molar-refractivity contribution < 1.29 is 9.53 Å². The average Bonchev–Trinajstić information content (AvgIpc) is 3.32. The van der Waals surface area contributed by atoms with Crippen molar-refractivity contribution in [3.8, 4) is 0 Å². The summed E-state index contributed by atoms with van der Waals surface area (Å²) >= 11 is 1.93. The van der Waals surface area contributed by atoms with Crippen LogP contribution in [-0.4, -0.2) is 52.6 Å². The van der Waals surface area contributed by atoms with Gasteiger partial charge in [-0.15, -0.1) is 0 Å². The number of hydrogen-bond donors (Lipinski definition) is 0. The van der Waals surface area contributed by atoms with E-state index in [-0.39, 0.29) is 12.0 Å². The van der Waals surface area contributed by atoms with Crippen molar-refractivity contribution in [3.05, 3.63) is 42.1 Å². The number of aromatic nitrogens is 1. The first kappa shape index (κ1) is 15.9. The smallest absolute Gasteiger partial charge is 0.272 e. The topological polar surface area (TPSA) is 42.4 Å². The minimum Gasteiger partial charge on any atom is -0.376 e. The number of benzene rings is 1. The zero-order valence-electron chi connectivity index (χ0n) is 13.7. The fourth-order valence-corrected chi connectivity index (χ4v) is 4.73. The third kappa shape index (κ3) is 3.28. The summed E-state index contributed by atoms with van der Waals surface area (Å²) in [4.78, 5) is 19.8. The van der Waals surface area contributed by atoms with Crippen molar-refractivity contribution in [2.24, 2.45) is 0 Å². The molecule has 0 radical (unpaired) electrons. The fourth-order valence-electron chi connectivity index (χ4n) is 3.51. The van der Waals surface area contributed by atoms with Crippen LogP contribution in [0.2, 0.25) is 0 Å². The lowest BCUT2D eigenvalue weighted by atomic mass is 10.1. The van der Waals surface area contributed by atoms with Crippen molar-refractivity contribution in [1.82, 2.24) is 9.88 Å². The Hall–Kier alpha value is -1.59. The van der Waals surface area contributed by atoms with E-state index in [9.17, 15) is 4.79 Å². The number of thioether (sulfide) groups is 1. The van der Waals surface area contributed by atoms with Gasteiger partial charge in [0, 0.05) is 30.3 Å². The number of rotatable bonds is 4. The molecule has 1 amide bonds. The Morgan fingerprint density at radius 2 is 2.17 bits per heavy atom. The molecule has 1 aromatic heterocycles. The number of pyridine rings is 1. The highest BCUT2D eigenvalue weighted by molar-refractivity contribution is 7.99. The van der Waals surface area contributed by atoms with E-state index in [0.717, 1.165) is 48.3 Å². The largest absolute Gasteiger partial charge is 0.376 e. The standard InChI is InChI=1S/C19H22N2O2S/c22-19(18-8-7-14-4-1-2-6-17(14)20-18)21(15-9-11-24-13-15)12-16-5-3-10-23-16/h1-2,4,6-8,15-16H,3,5,9-13H2. The van der Waals surface area contributed by atoms with Gasteiger partial charge in [-0.1, -0.05) is 24.3 Å². The van der Waals surface area contributed by atoms with Crippen LogP contribution in [0, 0.1) is 0 Å². The lowest BCUT2D eigenvalue weighted by molar-refractivity contribution is 0.0437. The van der Waals surface area contributed by atoms with Gasteiger partial charge in [-0.25, -0.2) is 4.98 Å². The molecule has 0 saturated carbocycles. The van der Waals surface area contributed by atoms with Crippen molar-refractivity contribution in [3.63, 3.8) is 0 Å². The van der Waals surface area contributed by atoms with Gasteiger partial charge in [-0.3, -0.25) is 4.79 Å². The number of carbonyl (C=O) groups is 1. The van der Waals surface area contributed by atoms with E-state index in [1.165, 1.54) is 0 Å². The zero-order valence-corrected chi connectivity index (χ0v) is 14.5. The summed E-state index contributed by atoms with van der Waals surface area (Å²) in [6.45, 7) is 1.51. The van der Waals surface area contributed by atoms with Gasteiger partial charge in [0.15, 0.2) is 0 Å². The Kier molecular flexibility index (Phi) is 4.72. The fraction of sp³-hybridized carbons (Fsp3) is 0.474. The Bertz CT molecular complexity index is 724. The maximum atomic E-state index is 13.2. The molecular weight excluding hydrogens is 320 g/mol. The highest BCUT2D eigenvalue weighted by atomic mass is 32.2. The summed E-state index contributed by atoms with van der Waals surface area (Å²) in [5.74, 6) is 2.20. The number of carbonyl (C=O) groups excluding carboxylic acids is 1. The summed E-state index contributed by atoms with van der Waals surface area (Å²) in [7, 11) is 0. The van der Waals surface area contributed by atoms with E-state index in [2.05, 4.69) is 4.98 Å². The van der Waals surface area contributed by atoms with Crippen molar-refractivity contribution in [1.29, 1.82) is 0 Å². The van der Waals surface area contributed by atoms with Gasteiger partial charge < -0.3 is 9.64 Å². The van der Waals surface area contributed by atoms with Gasteiger partial charge in [-0.2, -0.15) is 11.8 Å². The molecule has 2 unspecified atom stereocenters. The zero-order chi connectivity index (χ0) is 16.4. The molecule has 0 bridgehead atoms. The van der Waals surface area contributed by atoms with E-state index in [4.69, 9.17) is 4.74 Å². The van der Waals surface area contributed by atoms with Gasteiger partial charge in [0.1, 0.15) is 5.69 Å². The molecule has 2 aliphatic heterocycles. The molecule has 126 valence electrons. The molecule has 4 rings (SSSR count). The number of amides is 1. The molecule has 4 nitrogen and oxygen atoms in total. The second-order valence-corrected chi connectivity index (χ2v) is 7.65. The first-order chi connectivity index (χ1) is 11.8. The highest BCUT2D eigenvalue weighted by Crippen LogP contribution is 2.26. The Balaban J connectivity index is 1.60. The first-order valence-electron chi connectivity index (χ1n) is 8.67. The van der Waals surface area contributed by atoms with Crippen LogP contribution in [0.3, 0.4) is 0 Å². The third-order valence-corrected chi connectivity index (χ3v) is 5.99. The van der Waals surface area contributed by atoms with Crippen LogP contribution >= 0.6 is 11.8 Å². The van der Waals surface area contributed by atoms with Crippen LogP contribution in [0.25, 0.3) is 10.9 Å². The van der Waals surface area contributed by atoms with Crippen LogP contribution < -0.4 is 0 Å². The summed E-state index contributed by atoms with van der Waals surface area (Å²) in [5, 5.41) is 1.07. The monoisotopic (exact) mass is 342 g/mol. The summed E-state index contributed by atoms with van der Waals surface area (Å²) in [6, 6.07) is 12.1.